The molecule has 0 aromatic rings. The van der Waals surface area contributed by atoms with E-state index >= 15 is 0 Å². The van der Waals surface area contributed by atoms with Crippen LogP contribution in [0.25, 0.3) is 0 Å². The van der Waals surface area contributed by atoms with E-state index in [9.17, 15) is 19.5 Å². The number of hydrogen-bond donors (Lipinski definition) is 2. The first kappa shape index (κ1) is 36.7. The fourth-order valence-corrected chi connectivity index (χ4v) is 13.5. The zero-order valence-electron chi connectivity index (χ0n) is 32.3. The Labute approximate surface area is 296 Å². The summed E-state index contributed by atoms with van der Waals surface area (Å²) in [6, 6.07) is 0.142. The third-order valence-corrected chi connectivity index (χ3v) is 16.6. The van der Waals surface area contributed by atoms with Gasteiger partial charge in [0, 0.05) is 37.1 Å². The molecule has 6 fully saturated rings. The number of nitrogens with zero attached hydrogens (tertiary/aromatic N) is 2. The summed E-state index contributed by atoms with van der Waals surface area (Å²) in [6.45, 7) is 25.9. The zero-order chi connectivity index (χ0) is 35.9. The number of esters is 1. The SMILES string of the molecule is C=C(C)[C@@H]1CCC2(NC(=O)N3CCN(C)CC3)CC[C@]3(C)C(CCC4C5(C)CCC(OC(=O)CC(C)(C)C(=O)O)C(C)(C)C5CCC43C)C12. The fourth-order valence-electron chi connectivity index (χ4n) is 13.5. The molecule has 0 aromatic carbocycles. The van der Waals surface area contributed by atoms with Crippen LogP contribution in [0.5, 0.6) is 0 Å². The molecule has 0 spiro atoms. The average Bonchev–Trinajstić information content (AvgIpc) is 3.38. The van der Waals surface area contributed by atoms with Crippen LogP contribution < -0.4 is 5.32 Å². The molecule has 5 aliphatic carbocycles. The third kappa shape index (κ3) is 5.67. The summed E-state index contributed by atoms with van der Waals surface area (Å²) in [6.07, 6.45) is 10.6. The van der Waals surface area contributed by atoms with Gasteiger partial charge in [0.2, 0.25) is 0 Å². The highest BCUT2D eigenvalue weighted by Gasteiger charge is 2.71. The number of fused-ring (bicyclic) bond motifs is 7. The number of rotatable bonds is 6. The van der Waals surface area contributed by atoms with Crippen molar-refractivity contribution in [2.45, 2.75) is 138 Å². The van der Waals surface area contributed by atoms with E-state index in [1.807, 2.05) is 0 Å². The minimum absolute atomic E-state index is 0.110. The maximum Gasteiger partial charge on any atom is 0.317 e. The van der Waals surface area contributed by atoms with Gasteiger partial charge in [0.05, 0.1) is 11.8 Å². The van der Waals surface area contributed by atoms with Gasteiger partial charge in [-0.1, -0.05) is 46.8 Å². The highest BCUT2D eigenvalue weighted by molar-refractivity contribution is 5.81. The summed E-state index contributed by atoms with van der Waals surface area (Å²) in [5.41, 5.74) is 0.291. The van der Waals surface area contributed by atoms with E-state index in [-0.39, 0.29) is 45.8 Å². The second kappa shape index (κ2) is 12.3. The molecule has 8 unspecified atom stereocenters. The first-order valence-electron chi connectivity index (χ1n) is 19.6. The van der Waals surface area contributed by atoms with Gasteiger partial charge in [-0.25, -0.2) is 4.79 Å². The molecular weight excluding hydrogens is 614 g/mol. The van der Waals surface area contributed by atoms with Gasteiger partial charge in [-0.2, -0.15) is 0 Å². The summed E-state index contributed by atoms with van der Waals surface area (Å²) in [7, 11) is 2.14. The molecule has 6 rings (SSSR count). The van der Waals surface area contributed by atoms with Crippen molar-refractivity contribution in [3.8, 4) is 0 Å². The number of likely N-dealkylation sites (N-methyl/N-ethyl adjacent to an activating group) is 1. The number of urea groups is 1. The maximum atomic E-state index is 13.9. The van der Waals surface area contributed by atoms with Gasteiger partial charge in [0.25, 0.3) is 0 Å². The summed E-state index contributed by atoms with van der Waals surface area (Å²) in [5.74, 6) is 1.06. The van der Waals surface area contributed by atoms with Crippen LogP contribution in [0, 0.1) is 56.7 Å². The van der Waals surface area contributed by atoms with Crippen LogP contribution in [0.1, 0.15) is 126 Å². The summed E-state index contributed by atoms with van der Waals surface area (Å²) >= 11 is 0. The minimum atomic E-state index is -1.14. The molecule has 0 radical (unpaired) electrons. The van der Waals surface area contributed by atoms with Crippen molar-refractivity contribution in [2.24, 2.45) is 56.7 Å². The highest BCUT2D eigenvalue weighted by atomic mass is 16.5. The van der Waals surface area contributed by atoms with Crippen molar-refractivity contribution >= 4 is 18.0 Å². The molecule has 1 aliphatic heterocycles. The lowest BCUT2D eigenvalue weighted by atomic mass is 9.32. The molecule has 8 heteroatoms. The molecule has 276 valence electrons. The minimum Gasteiger partial charge on any atom is -0.481 e. The van der Waals surface area contributed by atoms with Crippen LogP contribution in [-0.4, -0.2) is 77.7 Å². The number of ether oxygens (including phenoxy) is 1. The van der Waals surface area contributed by atoms with Gasteiger partial charge in [0.15, 0.2) is 0 Å². The monoisotopic (exact) mass is 682 g/mol. The van der Waals surface area contributed by atoms with Crippen LogP contribution in [0.2, 0.25) is 0 Å². The van der Waals surface area contributed by atoms with E-state index in [2.05, 4.69) is 70.3 Å². The lowest BCUT2D eigenvalue weighted by molar-refractivity contribution is -0.246. The molecule has 5 saturated carbocycles. The number of hydrogen-bond acceptors (Lipinski definition) is 5. The number of piperazine rings is 1. The van der Waals surface area contributed by atoms with Crippen LogP contribution in [-0.2, 0) is 14.3 Å². The van der Waals surface area contributed by atoms with Crippen molar-refractivity contribution in [1.82, 2.24) is 15.1 Å². The predicted molar refractivity (Wildman–Crippen MR) is 193 cm³/mol. The number of carbonyl (C=O) groups excluding carboxylic acids is 2. The number of nitrogens with one attached hydrogen (secondary N) is 1. The summed E-state index contributed by atoms with van der Waals surface area (Å²) in [4.78, 5) is 43.0. The van der Waals surface area contributed by atoms with E-state index in [0.717, 1.165) is 71.1 Å². The number of amides is 2. The van der Waals surface area contributed by atoms with E-state index < -0.39 is 17.4 Å². The Morgan fingerprint density at radius 2 is 1.53 bits per heavy atom. The van der Waals surface area contributed by atoms with E-state index in [1.165, 1.54) is 24.8 Å². The van der Waals surface area contributed by atoms with Gasteiger partial charge >= 0.3 is 18.0 Å². The van der Waals surface area contributed by atoms with Crippen molar-refractivity contribution in [2.75, 3.05) is 33.2 Å². The zero-order valence-corrected chi connectivity index (χ0v) is 32.3. The van der Waals surface area contributed by atoms with E-state index in [1.54, 1.807) is 13.8 Å². The van der Waals surface area contributed by atoms with Gasteiger partial charge in [-0.05, 0) is 138 Å². The Morgan fingerprint density at radius 1 is 0.857 bits per heavy atom. The first-order chi connectivity index (χ1) is 22.7. The quantitative estimate of drug-likeness (QED) is 0.220. The van der Waals surface area contributed by atoms with Gasteiger partial charge in [0.1, 0.15) is 6.10 Å². The number of carbonyl (C=O) groups is 3. The molecule has 2 N–H and O–H groups in total. The van der Waals surface area contributed by atoms with Gasteiger partial charge in [-0.15, -0.1) is 0 Å². The molecule has 6 aliphatic rings. The van der Waals surface area contributed by atoms with E-state index in [4.69, 9.17) is 4.74 Å². The van der Waals surface area contributed by atoms with E-state index in [0.29, 0.717) is 29.6 Å². The Balaban J connectivity index is 1.24. The van der Waals surface area contributed by atoms with Crippen molar-refractivity contribution in [3.63, 3.8) is 0 Å². The van der Waals surface area contributed by atoms with Crippen molar-refractivity contribution < 1.29 is 24.2 Å². The predicted octanol–water partition coefficient (Wildman–Crippen LogP) is 7.77. The second-order valence-corrected chi connectivity index (χ2v) is 19.8. The Kier molecular flexibility index (Phi) is 9.18. The number of allylic oxidation sites excluding steroid dienone is 1. The maximum absolute atomic E-state index is 13.9. The number of carboxylic acids is 1. The fraction of sp³-hybridized carbons (Fsp3) is 0.878. The molecular formula is C41H67N3O5. The topological polar surface area (TPSA) is 99.2 Å². The number of aliphatic carboxylic acids is 1. The molecule has 49 heavy (non-hydrogen) atoms. The Bertz CT molecular complexity index is 1350. The molecule has 1 saturated heterocycles. The highest BCUT2D eigenvalue weighted by Crippen LogP contribution is 2.76. The normalized spacial score (nSPS) is 43.3. The standard InChI is InChI=1S/C41H67N3O5/c1-26(2)27-13-18-41(42-35(48)44-23-21-43(10)22-24-44)20-19-39(8)28(33(27)41)11-12-30-38(7)16-15-31(49-32(45)25-36(3,4)34(46)47)37(5,6)29(38)14-17-40(30,39)9/h27-31,33H,1,11-25H2,2-10H3,(H,42,48)(H,46,47)/t27-,28?,29?,30?,31?,33?,38?,39+,40?,41?/m0/s1. The molecule has 1 heterocycles. The summed E-state index contributed by atoms with van der Waals surface area (Å²) < 4.78 is 6.18. The third-order valence-electron chi connectivity index (χ3n) is 16.6. The number of carboxylic acid groups (broad SMARTS) is 1. The van der Waals surface area contributed by atoms with Crippen LogP contribution in [0.4, 0.5) is 4.79 Å². The van der Waals surface area contributed by atoms with Crippen LogP contribution >= 0.6 is 0 Å². The molecule has 10 atom stereocenters. The van der Waals surface area contributed by atoms with Crippen LogP contribution in [0.3, 0.4) is 0 Å². The van der Waals surface area contributed by atoms with Crippen LogP contribution in [0.15, 0.2) is 12.2 Å². The molecule has 8 nitrogen and oxygen atoms in total. The first-order valence-corrected chi connectivity index (χ1v) is 19.6. The Morgan fingerprint density at radius 3 is 2.16 bits per heavy atom. The second-order valence-electron chi connectivity index (χ2n) is 19.8. The molecule has 0 bridgehead atoms. The average molecular weight is 682 g/mol. The summed E-state index contributed by atoms with van der Waals surface area (Å²) in [5, 5.41) is 13.4. The van der Waals surface area contributed by atoms with Gasteiger partial charge in [-0.3, -0.25) is 9.59 Å². The molecule has 2 amide bonds. The Hall–Kier alpha value is -2.09. The van der Waals surface area contributed by atoms with Gasteiger partial charge < -0.3 is 25.0 Å². The lowest BCUT2D eigenvalue weighted by Gasteiger charge is -2.73. The lowest BCUT2D eigenvalue weighted by Crippen LogP contribution is -2.69. The van der Waals surface area contributed by atoms with Crippen molar-refractivity contribution in [1.29, 1.82) is 0 Å². The smallest absolute Gasteiger partial charge is 0.317 e. The van der Waals surface area contributed by atoms with Crippen molar-refractivity contribution in [3.05, 3.63) is 12.2 Å². The molecule has 0 aromatic heterocycles. The largest absolute Gasteiger partial charge is 0.481 e.